The van der Waals surface area contributed by atoms with Crippen molar-refractivity contribution < 1.29 is 9.59 Å². The van der Waals surface area contributed by atoms with Crippen molar-refractivity contribution in [2.45, 2.75) is 31.7 Å². The average Bonchev–Trinajstić information content (AvgIpc) is 3.53. The highest BCUT2D eigenvalue weighted by atomic mass is 79.9. The van der Waals surface area contributed by atoms with Crippen LogP contribution in [-0.2, 0) is 11.3 Å². The van der Waals surface area contributed by atoms with Gasteiger partial charge in [0.05, 0.1) is 5.41 Å². The first kappa shape index (κ1) is 30.1. The van der Waals surface area contributed by atoms with Crippen LogP contribution < -0.4 is 0 Å². The van der Waals surface area contributed by atoms with Crippen molar-refractivity contribution in [3.63, 3.8) is 0 Å². The number of carbonyl (C=O) groups is 2. The highest BCUT2D eigenvalue weighted by molar-refractivity contribution is 9.10. The van der Waals surface area contributed by atoms with Crippen LogP contribution in [0.1, 0.15) is 46.7 Å². The minimum atomic E-state index is -0.213. The van der Waals surface area contributed by atoms with Crippen LogP contribution in [0.25, 0.3) is 0 Å². The van der Waals surface area contributed by atoms with E-state index in [9.17, 15) is 9.59 Å². The summed E-state index contributed by atoms with van der Waals surface area (Å²) in [6, 6.07) is 26.1. The summed E-state index contributed by atoms with van der Waals surface area (Å²) < 4.78 is 1.06. The third kappa shape index (κ3) is 6.51. The van der Waals surface area contributed by atoms with Crippen LogP contribution >= 0.6 is 39.9 Å². The molecule has 0 bridgehead atoms. The molecule has 5 nitrogen and oxygen atoms in total. The number of likely N-dealkylation sites (tertiary alicyclic amines) is 3. The van der Waals surface area contributed by atoms with E-state index in [2.05, 4.69) is 62.1 Å². The molecule has 0 N–H and O–H groups in total. The molecule has 2 unspecified atom stereocenters. The molecule has 0 radical (unpaired) electrons. The van der Waals surface area contributed by atoms with Gasteiger partial charge in [-0.2, -0.15) is 0 Å². The molecule has 0 saturated carbocycles. The van der Waals surface area contributed by atoms with Crippen LogP contribution in [0, 0.1) is 11.3 Å². The predicted molar refractivity (Wildman–Crippen MR) is 170 cm³/mol. The Morgan fingerprint density at radius 1 is 0.902 bits per heavy atom. The molecular weight excluding hydrogens is 621 g/mol. The third-order valence-corrected chi connectivity index (χ3v) is 9.99. The maximum Gasteiger partial charge on any atom is 0.253 e. The van der Waals surface area contributed by atoms with Crippen LogP contribution in [0.3, 0.4) is 0 Å². The van der Waals surface area contributed by atoms with E-state index in [1.54, 1.807) is 12.1 Å². The fraction of sp³-hybridized carbons (Fsp3) is 0.394. The number of amides is 2. The summed E-state index contributed by atoms with van der Waals surface area (Å²) in [4.78, 5) is 33.6. The minimum Gasteiger partial charge on any atom is -0.338 e. The molecule has 3 aromatic rings. The zero-order chi connectivity index (χ0) is 27.7. The van der Waals surface area contributed by atoms with Crippen molar-refractivity contribution in [3.8, 4) is 0 Å². The molecule has 6 rings (SSSR count). The SMILES string of the molecule is Cl.O=C(c1cccc(Cl)c1)N1CC(CN2CCC3(CC2)CCN(Cc2ccc(Br)cc2)C3=O)C(c2ccccc2)C1. The zero-order valence-electron chi connectivity index (χ0n) is 23.1. The molecule has 216 valence electrons. The topological polar surface area (TPSA) is 43.9 Å². The summed E-state index contributed by atoms with van der Waals surface area (Å²) in [5, 5.41) is 0.584. The van der Waals surface area contributed by atoms with Gasteiger partial charge in [-0.05, 0) is 79.7 Å². The number of nitrogens with zero attached hydrogens (tertiary/aromatic N) is 3. The maximum absolute atomic E-state index is 13.6. The molecule has 3 aromatic carbocycles. The first-order valence-electron chi connectivity index (χ1n) is 14.3. The summed E-state index contributed by atoms with van der Waals surface area (Å²) in [6.07, 6.45) is 2.78. The van der Waals surface area contributed by atoms with Gasteiger partial charge in [0, 0.05) is 53.7 Å². The van der Waals surface area contributed by atoms with E-state index in [1.165, 1.54) is 11.1 Å². The van der Waals surface area contributed by atoms with Gasteiger partial charge in [-0.1, -0.05) is 76.1 Å². The Labute approximate surface area is 262 Å². The Hall–Kier alpha value is -2.38. The van der Waals surface area contributed by atoms with Gasteiger partial charge < -0.3 is 14.7 Å². The molecule has 3 aliphatic heterocycles. The summed E-state index contributed by atoms with van der Waals surface area (Å²) in [7, 11) is 0. The van der Waals surface area contributed by atoms with Crippen molar-refractivity contribution in [2.75, 3.05) is 39.3 Å². The van der Waals surface area contributed by atoms with E-state index in [-0.39, 0.29) is 29.6 Å². The molecule has 2 amide bonds. The number of carbonyl (C=O) groups excluding carboxylic acids is 2. The lowest BCUT2D eigenvalue weighted by Gasteiger charge is -2.39. The van der Waals surface area contributed by atoms with Gasteiger partial charge >= 0.3 is 0 Å². The molecule has 2 atom stereocenters. The Balaban J connectivity index is 0.00000337. The van der Waals surface area contributed by atoms with Gasteiger partial charge in [0.1, 0.15) is 0 Å². The number of piperidine rings is 1. The van der Waals surface area contributed by atoms with E-state index < -0.39 is 0 Å². The number of benzene rings is 3. The second kappa shape index (κ2) is 12.9. The fourth-order valence-corrected chi connectivity index (χ4v) is 7.37. The standard InChI is InChI=1S/C33H35BrClN3O2.ClH/c34-28-11-9-24(10-12-28)20-37-18-15-33(32(37)40)13-16-36(17-14-33)21-27-22-38(23-30(27)25-5-2-1-3-6-25)31(39)26-7-4-8-29(35)19-26;/h1-12,19,27,30H,13-18,20-23H2;1H. The second-order valence-electron chi connectivity index (χ2n) is 11.7. The Morgan fingerprint density at radius 3 is 2.32 bits per heavy atom. The Morgan fingerprint density at radius 2 is 1.61 bits per heavy atom. The molecule has 3 aliphatic rings. The van der Waals surface area contributed by atoms with Gasteiger partial charge in [0.2, 0.25) is 5.91 Å². The number of hydrogen-bond acceptors (Lipinski definition) is 3. The summed E-state index contributed by atoms with van der Waals surface area (Å²) in [5.41, 5.74) is 2.90. The van der Waals surface area contributed by atoms with E-state index in [4.69, 9.17) is 11.6 Å². The van der Waals surface area contributed by atoms with Crippen molar-refractivity contribution in [2.24, 2.45) is 11.3 Å². The molecule has 41 heavy (non-hydrogen) atoms. The highest BCUT2D eigenvalue weighted by Crippen LogP contribution is 2.43. The van der Waals surface area contributed by atoms with Gasteiger partial charge in [-0.3, -0.25) is 9.59 Å². The normalized spacial score (nSPS) is 22.2. The van der Waals surface area contributed by atoms with E-state index in [1.807, 2.05) is 35.2 Å². The van der Waals surface area contributed by atoms with E-state index >= 15 is 0 Å². The van der Waals surface area contributed by atoms with Crippen molar-refractivity contribution >= 4 is 51.8 Å². The zero-order valence-corrected chi connectivity index (χ0v) is 26.2. The summed E-state index contributed by atoms with van der Waals surface area (Å²) in [6.45, 7) is 5.76. The molecular formula is C33H36BrCl2N3O2. The monoisotopic (exact) mass is 655 g/mol. The van der Waals surface area contributed by atoms with Crippen molar-refractivity contribution in [3.05, 3.63) is 105 Å². The van der Waals surface area contributed by atoms with Crippen LogP contribution in [0.2, 0.25) is 5.02 Å². The third-order valence-electron chi connectivity index (χ3n) is 9.22. The lowest BCUT2D eigenvalue weighted by molar-refractivity contribution is -0.139. The average molecular weight is 657 g/mol. The maximum atomic E-state index is 13.6. The van der Waals surface area contributed by atoms with Crippen molar-refractivity contribution in [1.29, 1.82) is 0 Å². The molecule has 0 aromatic heterocycles. The van der Waals surface area contributed by atoms with Crippen LogP contribution in [0.4, 0.5) is 0 Å². The molecule has 8 heteroatoms. The minimum absolute atomic E-state index is 0. The first-order chi connectivity index (χ1) is 19.4. The largest absolute Gasteiger partial charge is 0.338 e. The summed E-state index contributed by atoms with van der Waals surface area (Å²) in [5.74, 6) is 1.00. The number of rotatable bonds is 6. The van der Waals surface area contributed by atoms with Gasteiger partial charge in [-0.15, -0.1) is 12.4 Å². The Bertz CT molecular complexity index is 1360. The lowest BCUT2D eigenvalue weighted by atomic mass is 9.76. The summed E-state index contributed by atoms with van der Waals surface area (Å²) >= 11 is 9.68. The van der Waals surface area contributed by atoms with Gasteiger partial charge in [-0.25, -0.2) is 0 Å². The highest BCUT2D eigenvalue weighted by Gasteiger charge is 2.48. The van der Waals surface area contributed by atoms with Crippen molar-refractivity contribution in [1.82, 2.24) is 14.7 Å². The fourth-order valence-electron chi connectivity index (χ4n) is 6.92. The lowest BCUT2D eigenvalue weighted by Crippen LogP contribution is -2.46. The van der Waals surface area contributed by atoms with Crippen LogP contribution in [0.15, 0.2) is 83.3 Å². The van der Waals surface area contributed by atoms with E-state index in [0.717, 1.165) is 56.5 Å². The molecule has 1 spiro atoms. The Kier molecular flexibility index (Phi) is 9.44. The number of hydrogen-bond donors (Lipinski definition) is 0. The predicted octanol–water partition coefficient (Wildman–Crippen LogP) is 6.89. The molecule has 3 fully saturated rings. The second-order valence-corrected chi connectivity index (χ2v) is 13.0. The molecule has 3 heterocycles. The van der Waals surface area contributed by atoms with E-state index in [0.29, 0.717) is 35.5 Å². The van der Waals surface area contributed by atoms with Crippen LogP contribution in [0.5, 0.6) is 0 Å². The first-order valence-corrected chi connectivity index (χ1v) is 15.4. The van der Waals surface area contributed by atoms with Crippen LogP contribution in [-0.4, -0.2) is 65.8 Å². The quantitative estimate of drug-likeness (QED) is 0.290. The molecule has 3 saturated heterocycles. The number of halogens is 3. The van der Waals surface area contributed by atoms with Gasteiger partial charge in [0.25, 0.3) is 5.91 Å². The molecule has 0 aliphatic carbocycles. The van der Waals surface area contributed by atoms with Gasteiger partial charge in [0.15, 0.2) is 0 Å². The smallest absolute Gasteiger partial charge is 0.253 e.